The van der Waals surface area contributed by atoms with Crippen LogP contribution in [-0.2, 0) is 21.2 Å². The van der Waals surface area contributed by atoms with Gasteiger partial charge in [0.1, 0.15) is 6.54 Å². The minimum Gasteiger partial charge on any atom is -0.355 e. The second-order valence-corrected chi connectivity index (χ2v) is 7.56. The summed E-state index contributed by atoms with van der Waals surface area (Å²) in [5.41, 5.74) is 1.59. The fraction of sp³-hybridized carbons (Fsp3) is 0.316. The van der Waals surface area contributed by atoms with Crippen LogP contribution in [0.3, 0.4) is 0 Å². The first kappa shape index (κ1) is 19.0. The van der Waals surface area contributed by atoms with Gasteiger partial charge in [0, 0.05) is 6.54 Å². The van der Waals surface area contributed by atoms with E-state index in [2.05, 4.69) is 5.32 Å². The fourth-order valence-corrected chi connectivity index (χ4v) is 3.83. The summed E-state index contributed by atoms with van der Waals surface area (Å²) in [6.07, 6.45) is 1.66. The van der Waals surface area contributed by atoms with Crippen LogP contribution in [0.2, 0.25) is 0 Å². The van der Waals surface area contributed by atoms with Crippen LogP contribution in [0.15, 0.2) is 59.5 Å². The second kappa shape index (κ2) is 8.67. The van der Waals surface area contributed by atoms with Crippen molar-refractivity contribution in [2.75, 3.05) is 17.4 Å². The van der Waals surface area contributed by atoms with Crippen molar-refractivity contribution < 1.29 is 13.2 Å². The van der Waals surface area contributed by atoms with E-state index in [1.807, 2.05) is 26.0 Å². The van der Waals surface area contributed by atoms with E-state index in [-0.39, 0.29) is 17.3 Å². The molecule has 0 aliphatic carbocycles. The van der Waals surface area contributed by atoms with Crippen molar-refractivity contribution in [3.8, 4) is 0 Å². The lowest BCUT2D eigenvalue weighted by Gasteiger charge is -2.24. The molecule has 0 heterocycles. The van der Waals surface area contributed by atoms with Crippen LogP contribution < -0.4 is 9.62 Å². The topological polar surface area (TPSA) is 66.5 Å². The molecule has 0 aromatic heterocycles. The summed E-state index contributed by atoms with van der Waals surface area (Å²) in [4.78, 5) is 12.3. The molecule has 0 atom stereocenters. The van der Waals surface area contributed by atoms with Crippen LogP contribution in [0.5, 0.6) is 0 Å². The zero-order valence-corrected chi connectivity index (χ0v) is 15.4. The number of hydrogen-bond donors (Lipinski definition) is 1. The Kier molecular flexibility index (Phi) is 6.58. The van der Waals surface area contributed by atoms with Crippen LogP contribution in [0.25, 0.3) is 0 Å². The van der Waals surface area contributed by atoms with E-state index in [0.717, 1.165) is 22.7 Å². The summed E-state index contributed by atoms with van der Waals surface area (Å²) in [6.45, 7) is 4.25. The highest BCUT2D eigenvalue weighted by atomic mass is 32.2. The maximum Gasteiger partial charge on any atom is 0.264 e. The zero-order chi connectivity index (χ0) is 18.3. The number of nitrogens with zero attached hydrogens (tertiary/aromatic N) is 1. The molecular weight excluding hydrogens is 336 g/mol. The Bertz CT molecular complexity index is 787. The first-order valence-corrected chi connectivity index (χ1v) is 9.86. The van der Waals surface area contributed by atoms with E-state index in [4.69, 9.17) is 0 Å². The van der Waals surface area contributed by atoms with E-state index in [1.54, 1.807) is 30.3 Å². The van der Waals surface area contributed by atoms with Crippen molar-refractivity contribution in [3.63, 3.8) is 0 Å². The average Bonchev–Trinajstić information content (AvgIpc) is 2.65. The Morgan fingerprint density at radius 1 is 1.00 bits per heavy atom. The van der Waals surface area contributed by atoms with Crippen LogP contribution in [0.1, 0.15) is 25.8 Å². The van der Waals surface area contributed by atoms with Crippen LogP contribution >= 0.6 is 0 Å². The molecule has 6 heteroatoms. The van der Waals surface area contributed by atoms with Crippen molar-refractivity contribution in [2.24, 2.45) is 0 Å². The highest BCUT2D eigenvalue weighted by molar-refractivity contribution is 7.92. The highest BCUT2D eigenvalue weighted by Gasteiger charge is 2.26. The number of sulfonamides is 1. The summed E-state index contributed by atoms with van der Waals surface area (Å²) in [5.74, 6) is -0.319. The largest absolute Gasteiger partial charge is 0.355 e. The Labute approximate surface area is 149 Å². The summed E-state index contributed by atoms with van der Waals surface area (Å²) in [5, 5.41) is 2.73. The number of carbonyl (C=O) groups excluding carboxylic acids is 1. The molecule has 2 aromatic carbocycles. The Balaban J connectivity index is 2.39. The fourth-order valence-electron chi connectivity index (χ4n) is 2.38. The molecule has 0 aliphatic rings. The first-order chi connectivity index (χ1) is 12.0. The number of aryl methyl sites for hydroxylation is 1. The molecular formula is C19H24N2O3S. The minimum absolute atomic E-state index is 0.165. The molecule has 25 heavy (non-hydrogen) atoms. The molecule has 1 amide bonds. The number of benzene rings is 2. The Morgan fingerprint density at radius 3 is 2.20 bits per heavy atom. The van der Waals surface area contributed by atoms with Gasteiger partial charge in [-0.1, -0.05) is 44.2 Å². The predicted octanol–water partition coefficient (Wildman–Crippen LogP) is 2.97. The molecule has 0 saturated carbocycles. The van der Waals surface area contributed by atoms with Gasteiger partial charge in [0.05, 0.1) is 10.6 Å². The predicted molar refractivity (Wildman–Crippen MR) is 100 cm³/mol. The van der Waals surface area contributed by atoms with Gasteiger partial charge < -0.3 is 5.32 Å². The zero-order valence-electron chi connectivity index (χ0n) is 14.6. The third kappa shape index (κ3) is 4.82. The van der Waals surface area contributed by atoms with Gasteiger partial charge in [-0.2, -0.15) is 0 Å². The van der Waals surface area contributed by atoms with Gasteiger partial charge in [-0.05, 0) is 42.7 Å². The minimum atomic E-state index is -3.82. The van der Waals surface area contributed by atoms with Crippen molar-refractivity contribution in [1.82, 2.24) is 5.32 Å². The molecule has 0 unspecified atom stereocenters. The monoisotopic (exact) mass is 360 g/mol. The summed E-state index contributed by atoms with van der Waals surface area (Å²) in [7, 11) is -3.82. The standard InChI is InChI=1S/C19H24N2O3S/c1-3-14-20-19(22)15-21(17-12-10-16(4-2)11-13-17)25(23,24)18-8-6-5-7-9-18/h5-13H,3-4,14-15H2,1-2H3,(H,20,22). The molecule has 0 spiro atoms. The molecule has 0 fully saturated rings. The van der Waals surface area contributed by atoms with Gasteiger partial charge >= 0.3 is 0 Å². The molecule has 0 saturated heterocycles. The van der Waals surface area contributed by atoms with E-state index in [1.165, 1.54) is 12.1 Å². The van der Waals surface area contributed by atoms with Crippen LogP contribution in [-0.4, -0.2) is 27.4 Å². The summed E-state index contributed by atoms with van der Waals surface area (Å²) in [6, 6.07) is 15.4. The van der Waals surface area contributed by atoms with Gasteiger partial charge in [0.25, 0.3) is 10.0 Å². The van der Waals surface area contributed by atoms with E-state index >= 15 is 0 Å². The van der Waals surface area contributed by atoms with Gasteiger partial charge in [-0.3, -0.25) is 9.10 Å². The summed E-state index contributed by atoms with van der Waals surface area (Å²) < 4.78 is 27.2. The second-order valence-electron chi connectivity index (χ2n) is 5.69. The SMILES string of the molecule is CCCNC(=O)CN(c1ccc(CC)cc1)S(=O)(=O)c1ccccc1. The molecule has 134 valence electrons. The quantitative estimate of drug-likeness (QED) is 0.787. The smallest absolute Gasteiger partial charge is 0.264 e. The van der Waals surface area contributed by atoms with Gasteiger partial charge in [0.2, 0.25) is 5.91 Å². The Morgan fingerprint density at radius 2 is 1.64 bits per heavy atom. The lowest BCUT2D eigenvalue weighted by molar-refractivity contribution is -0.119. The highest BCUT2D eigenvalue weighted by Crippen LogP contribution is 2.24. The molecule has 5 nitrogen and oxygen atoms in total. The van der Waals surface area contributed by atoms with Gasteiger partial charge in [-0.25, -0.2) is 8.42 Å². The number of anilines is 1. The maximum absolute atomic E-state index is 13.0. The van der Waals surface area contributed by atoms with Crippen LogP contribution in [0.4, 0.5) is 5.69 Å². The molecule has 0 bridgehead atoms. The maximum atomic E-state index is 13.0. The van der Waals surface area contributed by atoms with Gasteiger partial charge in [-0.15, -0.1) is 0 Å². The molecule has 2 aromatic rings. The van der Waals surface area contributed by atoms with E-state index in [9.17, 15) is 13.2 Å². The third-order valence-electron chi connectivity index (χ3n) is 3.82. The molecule has 0 aliphatic heterocycles. The van der Waals surface area contributed by atoms with Crippen molar-refractivity contribution in [2.45, 2.75) is 31.6 Å². The molecule has 1 N–H and O–H groups in total. The van der Waals surface area contributed by atoms with Gasteiger partial charge in [0.15, 0.2) is 0 Å². The number of amides is 1. The lowest BCUT2D eigenvalue weighted by Crippen LogP contribution is -2.41. The number of nitrogens with one attached hydrogen (secondary N) is 1. The lowest BCUT2D eigenvalue weighted by atomic mass is 10.1. The number of hydrogen-bond acceptors (Lipinski definition) is 3. The normalized spacial score (nSPS) is 11.1. The van der Waals surface area contributed by atoms with Crippen molar-refractivity contribution in [1.29, 1.82) is 0 Å². The van der Waals surface area contributed by atoms with Crippen LogP contribution in [0, 0.1) is 0 Å². The number of rotatable bonds is 8. The third-order valence-corrected chi connectivity index (χ3v) is 5.61. The van der Waals surface area contributed by atoms with Crippen molar-refractivity contribution in [3.05, 3.63) is 60.2 Å². The summed E-state index contributed by atoms with van der Waals surface area (Å²) >= 11 is 0. The first-order valence-electron chi connectivity index (χ1n) is 8.42. The number of carbonyl (C=O) groups is 1. The van der Waals surface area contributed by atoms with Crippen molar-refractivity contribution >= 4 is 21.6 Å². The molecule has 2 rings (SSSR count). The van der Waals surface area contributed by atoms with E-state index in [0.29, 0.717) is 12.2 Å². The average molecular weight is 360 g/mol. The van der Waals surface area contributed by atoms with E-state index < -0.39 is 10.0 Å². The Hall–Kier alpha value is -2.34. The molecule has 0 radical (unpaired) electrons.